The SMILES string of the molecule is COc1cc(CNC(C)C)ccc1S(=O)(=O)NC1CCC1. The molecule has 2 N–H and O–H groups in total. The normalized spacial score (nSPS) is 16.0. The zero-order valence-electron chi connectivity index (χ0n) is 12.8. The van der Waals surface area contributed by atoms with Crippen LogP contribution in [0.5, 0.6) is 5.75 Å². The van der Waals surface area contributed by atoms with Crippen LogP contribution in [0, 0.1) is 0 Å². The molecule has 0 unspecified atom stereocenters. The molecule has 0 amide bonds. The van der Waals surface area contributed by atoms with Crippen molar-refractivity contribution in [1.29, 1.82) is 0 Å². The van der Waals surface area contributed by atoms with Gasteiger partial charge in [-0.15, -0.1) is 0 Å². The summed E-state index contributed by atoms with van der Waals surface area (Å²) in [5.41, 5.74) is 1.00. The van der Waals surface area contributed by atoms with Gasteiger partial charge < -0.3 is 10.1 Å². The Hall–Kier alpha value is -1.11. The summed E-state index contributed by atoms with van der Waals surface area (Å²) >= 11 is 0. The number of hydrogen-bond donors (Lipinski definition) is 2. The van der Waals surface area contributed by atoms with Gasteiger partial charge in [0.05, 0.1) is 7.11 Å². The van der Waals surface area contributed by atoms with Crippen molar-refractivity contribution in [2.24, 2.45) is 0 Å². The van der Waals surface area contributed by atoms with Gasteiger partial charge in [-0.25, -0.2) is 13.1 Å². The second-order valence-electron chi connectivity index (χ2n) is 5.77. The number of sulfonamides is 1. The molecule has 2 rings (SSSR count). The molecule has 1 aromatic carbocycles. The van der Waals surface area contributed by atoms with Crippen molar-refractivity contribution >= 4 is 10.0 Å². The van der Waals surface area contributed by atoms with Crippen molar-refractivity contribution < 1.29 is 13.2 Å². The molecule has 1 aliphatic rings. The predicted octanol–water partition coefficient (Wildman–Crippen LogP) is 2.02. The van der Waals surface area contributed by atoms with E-state index in [2.05, 4.69) is 23.9 Å². The van der Waals surface area contributed by atoms with Crippen molar-refractivity contribution in [2.45, 2.75) is 56.6 Å². The first kappa shape index (κ1) is 16.3. The highest BCUT2D eigenvalue weighted by atomic mass is 32.2. The Morgan fingerprint density at radius 1 is 1.33 bits per heavy atom. The highest BCUT2D eigenvalue weighted by molar-refractivity contribution is 7.89. The van der Waals surface area contributed by atoms with Gasteiger partial charge in [0.25, 0.3) is 0 Å². The van der Waals surface area contributed by atoms with Crippen molar-refractivity contribution in [1.82, 2.24) is 10.0 Å². The quantitative estimate of drug-likeness (QED) is 0.808. The first-order valence-electron chi connectivity index (χ1n) is 7.35. The fraction of sp³-hybridized carbons (Fsp3) is 0.600. The first-order valence-corrected chi connectivity index (χ1v) is 8.83. The second kappa shape index (κ2) is 6.77. The molecule has 0 saturated heterocycles. The number of nitrogens with one attached hydrogen (secondary N) is 2. The summed E-state index contributed by atoms with van der Waals surface area (Å²) in [7, 11) is -2.01. The second-order valence-corrected chi connectivity index (χ2v) is 7.45. The summed E-state index contributed by atoms with van der Waals surface area (Å²) in [5, 5.41) is 3.30. The van der Waals surface area contributed by atoms with Crippen LogP contribution in [0.1, 0.15) is 38.7 Å². The average molecular weight is 312 g/mol. The van der Waals surface area contributed by atoms with E-state index in [1.165, 1.54) is 7.11 Å². The van der Waals surface area contributed by atoms with E-state index in [1.54, 1.807) is 12.1 Å². The van der Waals surface area contributed by atoms with Crippen LogP contribution in [-0.4, -0.2) is 27.6 Å². The third-order valence-electron chi connectivity index (χ3n) is 3.66. The predicted molar refractivity (Wildman–Crippen MR) is 82.9 cm³/mol. The molecule has 21 heavy (non-hydrogen) atoms. The van der Waals surface area contributed by atoms with Crippen LogP contribution >= 0.6 is 0 Å². The number of rotatable bonds is 7. The first-order chi connectivity index (χ1) is 9.92. The van der Waals surface area contributed by atoms with E-state index in [9.17, 15) is 8.42 Å². The van der Waals surface area contributed by atoms with Gasteiger partial charge in [-0.1, -0.05) is 26.3 Å². The molecule has 0 aliphatic heterocycles. The van der Waals surface area contributed by atoms with Gasteiger partial charge in [0.15, 0.2) is 0 Å². The fourth-order valence-corrected chi connectivity index (χ4v) is 3.63. The lowest BCUT2D eigenvalue weighted by Crippen LogP contribution is -2.39. The maximum Gasteiger partial charge on any atom is 0.244 e. The molecule has 118 valence electrons. The van der Waals surface area contributed by atoms with E-state index < -0.39 is 10.0 Å². The Morgan fingerprint density at radius 2 is 2.05 bits per heavy atom. The standard InChI is InChI=1S/C15H24N2O3S/c1-11(2)16-10-12-7-8-15(14(9-12)20-3)21(18,19)17-13-5-4-6-13/h7-9,11,13,16-17H,4-6,10H2,1-3H3. The number of hydrogen-bond acceptors (Lipinski definition) is 4. The van der Waals surface area contributed by atoms with Crippen LogP contribution in [0.3, 0.4) is 0 Å². The number of benzene rings is 1. The van der Waals surface area contributed by atoms with Gasteiger partial charge in [0, 0.05) is 18.6 Å². The van der Waals surface area contributed by atoms with Gasteiger partial charge in [-0.2, -0.15) is 0 Å². The topological polar surface area (TPSA) is 67.4 Å². The van der Waals surface area contributed by atoms with E-state index in [-0.39, 0.29) is 10.9 Å². The molecule has 0 atom stereocenters. The summed E-state index contributed by atoms with van der Waals surface area (Å²) < 4.78 is 32.8. The van der Waals surface area contributed by atoms with Crippen LogP contribution in [0.2, 0.25) is 0 Å². The molecule has 1 aliphatic carbocycles. The summed E-state index contributed by atoms with van der Waals surface area (Å²) in [6.07, 6.45) is 2.92. The monoisotopic (exact) mass is 312 g/mol. The minimum Gasteiger partial charge on any atom is -0.495 e. The molecule has 1 saturated carbocycles. The average Bonchev–Trinajstić information content (AvgIpc) is 2.40. The molecule has 6 heteroatoms. The zero-order chi connectivity index (χ0) is 15.5. The van der Waals surface area contributed by atoms with Crippen LogP contribution in [0.25, 0.3) is 0 Å². The van der Waals surface area contributed by atoms with Crippen molar-refractivity contribution in [2.75, 3.05) is 7.11 Å². The molecular formula is C15H24N2O3S. The smallest absolute Gasteiger partial charge is 0.244 e. The molecule has 1 fully saturated rings. The Bertz CT molecular complexity index is 581. The summed E-state index contributed by atoms with van der Waals surface area (Å²) in [4.78, 5) is 0.213. The molecule has 5 nitrogen and oxygen atoms in total. The third kappa shape index (κ3) is 4.18. The lowest BCUT2D eigenvalue weighted by atomic mass is 9.94. The molecular weight excluding hydrogens is 288 g/mol. The number of methoxy groups -OCH3 is 1. The molecule has 0 radical (unpaired) electrons. The summed E-state index contributed by atoms with van der Waals surface area (Å²) in [6, 6.07) is 5.68. The van der Waals surface area contributed by atoms with Gasteiger partial charge in [0.2, 0.25) is 10.0 Å². The van der Waals surface area contributed by atoms with Gasteiger partial charge >= 0.3 is 0 Å². The van der Waals surface area contributed by atoms with E-state index >= 15 is 0 Å². The molecule has 0 bridgehead atoms. The molecule has 0 aromatic heterocycles. The minimum absolute atomic E-state index is 0.0713. The maximum absolute atomic E-state index is 12.4. The molecule has 0 spiro atoms. The van der Waals surface area contributed by atoms with Crippen LogP contribution < -0.4 is 14.8 Å². The van der Waals surface area contributed by atoms with Crippen LogP contribution in [-0.2, 0) is 16.6 Å². The van der Waals surface area contributed by atoms with Gasteiger partial charge in [0.1, 0.15) is 10.6 Å². The Labute approximate surface area is 127 Å². The Balaban J connectivity index is 2.18. The molecule has 1 aromatic rings. The van der Waals surface area contributed by atoms with Gasteiger partial charge in [-0.3, -0.25) is 0 Å². The lowest BCUT2D eigenvalue weighted by Gasteiger charge is -2.26. The zero-order valence-corrected chi connectivity index (χ0v) is 13.7. The third-order valence-corrected chi connectivity index (χ3v) is 5.22. The van der Waals surface area contributed by atoms with Crippen molar-refractivity contribution in [3.05, 3.63) is 23.8 Å². The highest BCUT2D eigenvalue weighted by Crippen LogP contribution is 2.27. The fourth-order valence-electron chi connectivity index (χ4n) is 2.17. The minimum atomic E-state index is -3.51. The maximum atomic E-state index is 12.4. The van der Waals surface area contributed by atoms with Gasteiger partial charge in [-0.05, 0) is 30.5 Å². The van der Waals surface area contributed by atoms with E-state index in [4.69, 9.17) is 4.74 Å². The Kier molecular flexibility index (Phi) is 5.24. The largest absolute Gasteiger partial charge is 0.495 e. The summed E-state index contributed by atoms with van der Waals surface area (Å²) in [6.45, 7) is 4.82. The van der Waals surface area contributed by atoms with Crippen LogP contribution in [0.4, 0.5) is 0 Å². The van der Waals surface area contributed by atoms with E-state index in [0.29, 0.717) is 18.3 Å². The summed E-state index contributed by atoms with van der Waals surface area (Å²) in [5.74, 6) is 0.393. The van der Waals surface area contributed by atoms with E-state index in [1.807, 2.05) is 6.07 Å². The molecule has 0 heterocycles. The van der Waals surface area contributed by atoms with Crippen molar-refractivity contribution in [3.8, 4) is 5.75 Å². The number of ether oxygens (including phenoxy) is 1. The Morgan fingerprint density at radius 3 is 2.57 bits per heavy atom. The van der Waals surface area contributed by atoms with Crippen LogP contribution in [0.15, 0.2) is 23.1 Å². The van der Waals surface area contributed by atoms with Crippen molar-refractivity contribution in [3.63, 3.8) is 0 Å². The highest BCUT2D eigenvalue weighted by Gasteiger charge is 2.27. The lowest BCUT2D eigenvalue weighted by molar-refractivity contribution is 0.379. The van der Waals surface area contributed by atoms with E-state index in [0.717, 1.165) is 24.8 Å².